The van der Waals surface area contributed by atoms with Gasteiger partial charge in [0.2, 0.25) is 0 Å². The van der Waals surface area contributed by atoms with Gasteiger partial charge in [0.25, 0.3) is 0 Å². The van der Waals surface area contributed by atoms with Gasteiger partial charge < -0.3 is 21.3 Å². The number of imidazole rings is 1. The van der Waals surface area contributed by atoms with Crippen LogP contribution in [-0.4, -0.2) is 48.1 Å². The Morgan fingerprint density at radius 3 is 2.08 bits per heavy atom. The number of rotatable bonds is 5. The van der Waals surface area contributed by atoms with Crippen LogP contribution in [0.25, 0.3) is 16.2 Å². The van der Waals surface area contributed by atoms with Crippen molar-refractivity contribution in [3.63, 3.8) is 0 Å². The zero-order valence-corrected chi connectivity index (χ0v) is 23.0. The molecule has 5 N–H and O–H groups in total. The predicted octanol–water partition coefficient (Wildman–Crippen LogP) is 5.47. The molecular weight excluding hydrogens is 470 g/mol. The summed E-state index contributed by atoms with van der Waals surface area (Å²) in [5.41, 5.74) is 6.57. The van der Waals surface area contributed by atoms with E-state index in [1.807, 2.05) is 56.6 Å². The lowest BCUT2D eigenvalue weighted by Gasteiger charge is -2.36. The lowest BCUT2D eigenvalue weighted by atomic mass is 9.77. The van der Waals surface area contributed by atoms with Crippen molar-refractivity contribution in [2.45, 2.75) is 102 Å². The van der Waals surface area contributed by atoms with Gasteiger partial charge >= 0.3 is 0 Å². The fourth-order valence-corrected chi connectivity index (χ4v) is 6.24. The monoisotopic (exact) mass is 513 g/mol. The van der Waals surface area contributed by atoms with Gasteiger partial charge in [-0.25, -0.2) is 9.50 Å². The molecule has 198 valence electrons. The smallest absolute Gasteiger partial charge is 0.154 e. The van der Waals surface area contributed by atoms with Gasteiger partial charge in [-0.3, -0.25) is 0 Å². The summed E-state index contributed by atoms with van der Waals surface area (Å²) in [6.45, 7) is 7.64. The third kappa shape index (κ3) is 6.85. The second kappa shape index (κ2) is 11.2. The van der Waals surface area contributed by atoms with Gasteiger partial charge in [-0.15, -0.1) is 16.4 Å². The topological polar surface area (TPSA) is 109 Å². The Balaban J connectivity index is 0.000000233. The first-order valence-corrected chi connectivity index (χ1v) is 14.2. The van der Waals surface area contributed by atoms with Crippen molar-refractivity contribution < 1.29 is 10.2 Å². The van der Waals surface area contributed by atoms with Gasteiger partial charge in [0.15, 0.2) is 5.65 Å². The molecule has 3 aromatic rings. The van der Waals surface area contributed by atoms with Crippen LogP contribution in [0.2, 0.25) is 0 Å². The summed E-state index contributed by atoms with van der Waals surface area (Å²) >= 11 is 1.69. The Morgan fingerprint density at radius 2 is 1.53 bits per heavy atom. The molecule has 0 saturated heterocycles. The van der Waals surface area contributed by atoms with E-state index in [0.717, 1.165) is 68.5 Å². The van der Waals surface area contributed by atoms with Crippen LogP contribution in [0.3, 0.4) is 0 Å². The number of nitrogens with zero attached hydrogens (tertiary/aromatic N) is 3. The van der Waals surface area contributed by atoms with Gasteiger partial charge in [-0.05, 0) is 114 Å². The highest BCUT2D eigenvalue weighted by Crippen LogP contribution is 2.34. The molecule has 2 aliphatic rings. The molecule has 3 aromatic heterocycles. The fraction of sp³-hybridized carbons (Fsp3) is 0.643. The van der Waals surface area contributed by atoms with E-state index < -0.39 is 11.2 Å². The summed E-state index contributed by atoms with van der Waals surface area (Å²) in [4.78, 5) is 5.62. The van der Waals surface area contributed by atoms with Crippen LogP contribution in [-0.2, 0) is 0 Å². The summed E-state index contributed by atoms with van der Waals surface area (Å²) in [7, 11) is 0. The molecule has 7 nitrogen and oxygen atoms in total. The molecule has 0 radical (unpaired) electrons. The van der Waals surface area contributed by atoms with Crippen molar-refractivity contribution in [2.24, 2.45) is 17.6 Å². The average molecular weight is 514 g/mol. The van der Waals surface area contributed by atoms with Crippen LogP contribution in [0, 0.1) is 11.8 Å². The van der Waals surface area contributed by atoms with Crippen LogP contribution in [0.5, 0.6) is 0 Å². The number of nitrogens with two attached hydrogens (primary N) is 1. The van der Waals surface area contributed by atoms with Crippen molar-refractivity contribution in [1.82, 2.24) is 14.6 Å². The van der Waals surface area contributed by atoms with Crippen molar-refractivity contribution in [1.29, 1.82) is 0 Å². The molecule has 2 aliphatic carbocycles. The molecule has 0 bridgehead atoms. The van der Waals surface area contributed by atoms with Gasteiger partial charge in [0.05, 0.1) is 22.3 Å². The minimum Gasteiger partial charge on any atom is -0.390 e. The highest BCUT2D eigenvalue weighted by molar-refractivity contribution is 7.13. The van der Waals surface area contributed by atoms with Gasteiger partial charge in [0.1, 0.15) is 11.5 Å². The van der Waals surface area contributed by atoms with E-state index in [2.05, 4.69) is 21.7 Å². The lowest BCUT2D eigenvalue weighted by Crippen LogP contribution is -2.37. The number of thiophene rings is 1. The van der Waals surface area contributed by atoms with E-state index in [4.69, 9.17) is 10.8 Å². The van der Waals surface area contributed by atoms with Gasteiger partial charge in [0, 0.05) is 12.1 Å². The molecular formula is C28H43N5O2S. The first-order valence-electron chi connectivity index (χ1n) is 13.4. The standard InChI is InChI=1S/C19H24N4OS.C9H19NO/c1-19(2,24)13-5-7-14(8-6-13)21-17-9-10-18-20-12-15(23(18)22-17)16-4-3-11-25-16;1-9(2,11)7-3-5-8(10)6-4-7/h3-4,9-14,24H,5-8H2,1-2H3,(H,21,22);7-8,11H,3-6,10H2,1-2H3. The summed E-state index contributed by atoms with van der Waals surface area (Å²) in [6.07, 6.45) is 10.4. The molecule has 0 spiro atoms. The van der Waals surface area contributed by atoms with Crippen LogP contribution in [0.15, 0.2) is 35.8 Å². The molecule has 0 unspecified atom stereocenters. The highest BCUT2D eigenvalue weighted by Gasteiger charge is 2.31. The minimum atomic E-state index is -0.575. The molecule has 36 heavy (non-hydrogen) atoms. The minimum absolute atomic E-state index is 0.383. The van der Waals surface area contributed by atoms with E-state index in [-0.39, 0.29) is 0 Å². The maximum atomic E-state index is 10.2. The predicted molar refractivity (Wildman–Crippen MR) is 148 cm³/mol. The number of nitrogens with one attached hydrogen (secondary N) is 1. The molecule has 5 rings (SSSR count). The number of aliphatic hydroxyl groups is 2. The second-order valence-corrected chi connectivity index (χ2v) is 12.7. The number of hydrogen-bond donors (Lipinski definition) is 4. The van der Waals surface area contributed by atoms with Crippen LogP contribution in [0.1, 0.15) is 79.1 Å². The van der Waals surface area contributed by atoms with Crippen LogP contribution >= 0.6 is 11.3 Å². The maximum absolute atomic E-state index is 10.2. The van der Waals surface area contributed by atoms with Crippen molar-refractivity contribution in [3.8, 4) is 10.6 Å². The first kappa shape index (κ1) is 27.0. The maximum Gasteiger partial charge on any atom is 0.154 e. The van der Waals surface area contributed by atoms with Gasteiger partial charge in [-0.2, -0.15) is 0 Å². The number of anilines is 1. The van der Waals surface area contributed by atoms with Crippen molar-refractivity contribution in [3.05, 3.63) is 35.8 Å². The highest BCUT2D eigenvalue weighted by atomic mass is 32.1. The third-order valence-electron chi connectivity index (χ3n) is 7.99. The SMILES string of the molecule is CC(C)(O)C1CCC(N)CC1.CC(C)(O)C1CCC(Nc2ccc3ncc(-c4cccs4)n3n2)CC1. The molecule has 2 saturated carbocycles. The molecule has 0 atom stereocenters. The summed E-state index contributed by atoms with van der Waals surface area (Å²) in [5, 5.41) is 30.3. The van der Waals surface area contributed by atoms with Crippen LogP contribution < -0.4 is 11.1 Å². The molecule has 2 fully saturated rings. The largest absolute Gasteiger partial charge is 0.390 e. The second-order valence-electron chi connectivity index (χ2n) is 11.7. The van der Waals surface area contributed by atoms with E-state index >= 15 is 0 Å². The van der Waals surface area contributed by atoms with Crippen molar-refractivity contribution >= 4 is 22.8 Å². The normalized spacial score (nSPS) is 25.3. The average Bonchev–Trinajstić information content (AvgIpc) is 3.48. The van der Waals surface area contributed by atoms with E-state index in [1.165, 1.54) is 4.88 Å². The molecule has 0 aliphatic heterocycles. The Bertz CT molecular complexity index is 1080. The Kier molecular flexibility index (Phi) is 8.39. The number of hydrogen-bond acceptors (Lipinski definition) is 7. The zero-order chi connectivity index (χ0) is 25.9. The Morgan fingerprint density at radius 1 is 0.917 bits per heavy atom. The molecule has 0 aromatic carbocycles. The molecule has 3 heterocycles. The van der Waals surface area contributed by atoms with E-state index in [1.54, 1.807) is 11.3 Å². The van der Waals surface area contributed by atoms with Crippen molar-refractivity contribution in [2.75, 3.05) is 5.32 Å². The number of aromatic nitrogens is 3. The quantitative estimate of drug-likeness (QED) is 0.360. The van der Waals surface area contributed by atoms with E-state index in [0.29, 0.717) is 23.9 Å². The Hall–Kier alpha value is -2.00. The molecule has 0 amide bonds. The number of fused-ring (bicyclic) bond motifs is 1. The first-order chi connectivity index (χ1) is 17.0. The summed E-state index contributed by atoms with van der Waals surface area (Å²) < 4.78 is 1.91. The summed E-state index contributed by atoms with van der Waals surface area (Å²) in [5.74, 6) is 1.73. The fourth-order valence-electron chi connectivity index (χ4n) is 5.52. The van der Waals surface area contributed by atoms with Gasteiger partial charge in [-0.1, -0.05) is 6.07 Å². The molecule has 8 heteroatoms. The Labute approximate surface area is 219 Å². The zero-order valence-electron chi connectivity index (χ0n) is 22.2. The third-order valence-corrected chi connectivity index (χ3v) is 8.88. The van der Waals surface area contributed by atoms with E-state index in [9.17, 15) is 10.2 Å². The summed E-state index contributed by atoms with van der Waals surface area (Å²) in [6, 6.07) is 8.94. The van der Waals surface area contributed by atoms with Crippen LogP contribution in [0.4, 0.5) is 5.82 Å². The lowest BCUT2D eigenvalue weighted by molar-refractivity contribution is -0.00138.